The van der Waals surface area contributed by atoms with Gasteiger partial charge in [-0.05, 0) is 61.4 Å². The number of nitrogens with one attached hydrogen (secondary N) is 2. The van der Waals surface area contributed by atoms with Crippen molar-refractivity contribution < 1.29 is 13.2 Å². The van der Waals surface area contributed by atoms with E-state index in [1.165, 1.54) is 0 Å². The molecule has 0 aromatic heterocycles. The number of hydrogen-bond donors (Lipinski definition) is 2. The van der Waals surface area contributed by atoms with Gasteiger partial charge in [0.15, 0.2) is 0 Å². The number of hydrogen-bond acceptors (Lipinski definition) is 3. The molecular formula is C17H19BrN2O3S. The average molecular weight is 411 g/mol. The molecule has 2 N–H and O–H groups in total. The van der Waals surface area contributed by atoms with Crippen molar-refractivity contribution in [2.75, 3.05) is 11.9 Å². The Balaban J connectivity index is 1.89. The number of amides is 1. The number of rotatable bonds is 6. The fraction of sp³-hybridized carbons (Fsp3) is 0.235. The summed E-state index contributed by atoms with van der Waals surface area (Å²) < 4.78 is 27.8. The third-order valence-corrected chi connectivity index (χ3v) is 5.55. The van der Waals surface area contributed by atoms with E-state index < -0.39 is 10.0 Å². The van der Waals surface area contributed by atoms with Crippen molar-refractivity contribution in [1.29, 1.82) is 0 Å². The van der Waals surface area contributed by atoms with E-state index in [0.29, 0.717) is 5.69 Å². The highest BCUT2D eigenvalue weighted by Crippen LogP contribution is 2.15. The summed E-state index contributed by atoms with van der Waals surface area (Å²) in [5, 5.41) is 2.72. The lowest BCUT2D eigenvalue weighted by molar-refractivity contribution is -0.116. The molecule has 0 bridgehead atoms. The van der Waals surface area contributed by atoms with E-state index in [4.69, 9.17) is 0 Å². The van der Waals surface area contributed by atoms with E-state index in [1.807, 2.05) is 26.0 Å². The standard InChI is InChI=1S/C17H19BrN2O3S/c1-12-3-8-16(11-13(12)2)24(22,23)19-10-9-17(21)20-15-6-4-14(18)5-7-15/h3-8,11,19H,9-10H2,1-2H3,(H,20,21). The van der Waals surface area contributed by atoms with Crippen molar-refractivity contribution >= 4 is 37.5 Å². The van der Waals surface area contributed by atoms with Gasteiger partial charge in [0.25, 0.3) is 0 Å². The van der Waals surface area contributed by atoms with E-state index in [-0.39, 0.29) is 23.8 Å². The van der Waals surface area contributed by atoms with E-state index in [1.54, 1.807) is 30.3 Å². The molecule has 7 heteroatoms. The third kappa shape index (κ3) is 5.15. The topological polar surface area (TPSA) is 75.3 Å². The van der Waals surface area contributed by atoms with Crippen molar-refractivity contribution in [2.45, 2.75) is 25.2 Å². The van der Waals surface area contributed by atoms with Gasteiger partial charge in [-0.2, -0.15) is 0 Å². The van der Waals surface area contributed by atoms with Crippen LogP contribution in [0.15, 0.2) is 51.8 Å². The van der Waals surface area contributed by atoms with E-state index >= 15 is 0 Å². The summed E-state index contributed by atoms with van der Waals surface area (Å²) in [6.07, 6.45) is 0.0557. The highest BCUT2D eigenvalue weighted by Gasteiger charge is 2.14. The van der Waals surface area contributed by atoms with Crippen LogP contribution in [0, 0.1) is 13.8 Å². The molecule has 24 heavy (non-hydrogen) atoms. The predicted molar refractivity (Wildman–Crippen MR) is 98.5 cm³/mol. The van der Waals surface area contributed by atoms with E-state index in [2.05, 4.69) is 26.0 Å². The molecule has 1 amide bonds. The van der Waals surface area contributed by atoms with Gasteiger partial charge in [0.2, 0.25) is 15.9 Å². The Bertz CT molecular complexity index is 833. The van der Waals surface area contributed by atoms with Crippen LogP contribution in [0.25, 0.3) is 0 Å². The maximum absolute atomic E-state index is 12.2. The first kappa shape index (κ1) is 18.6. The molecule has 0 saturated carbocycles. The lowest BCUT2D eigenvalue weighted by Gasteiger charge is -2.09. The average Bonchev–Trinajstić information content (AvgIpc) is 2.52. The summed E-state index contributed by atoms with van der Waals surface area (Å²) in [7, 11) is -3.61. The van der Waals surface area contributed by atoms with Crippen molar-refractivity contribution in [3.63, 3.8) is 0 Å². The van der Waals surface area contributed by atoms with Gasteiger partial charge < -0.3 is 5.32 Å². The van der Waals surface area contributed by atoms with Crippen molar-refractivity contribution in [2.24, 2.45) is 0 Å². The summed E-state index contributed by atoms with van der Waals surface area (Å²) in [5.41, 5.74) is 2.61. The second-order valence-corrected chi connectivity index (χ2v) is 8.13. The molecule has 128 valence electrons. The number of anilines is 1. The van der Waals surface area contributed by atoms with Crippen LogP contribution in [0.4, 0.5) is 5.69 Å². The molecular weight excluding hydrogens is 392 g/mol. The zero-order valence-electron chi connectivity index (χ0n) is 13.5. The highest BCUT2D eigenvalue weighted by atomic mass is 79.9. The van der Waals surface area contributed by atoms with Crippen molar-refractivity contribution in [3.05, 3.63) is 58.1 Å². The summed E-state index contributed by atoms with van der Waals surface area (Å²) in [6, 6.07) is 12.1. The first-order chi connectivity index (χ1) is 11.3. The fourth-order valence-corrected chi connectivity index (χ4v) is 3.40. The summed E-state index contributed by atoms with van der Waals surface area (Å²) >= 11 is 3.32. The van der Waals surface area contributed by atoms with Crippen LogP contribution in [0.1, 0.15) is 17.5 Å². The van der Waals surface area contributed by atoms with E-state index in [0.717, 1.165) is 15.6 Å². The summed E-state index contributed by atoms with van der Waals surface area (Å²) in [6.45, 7) is 3.82. The monoisotopic (exact) mass is 410 g/mol. The van der Waals surface area contributed by atoms with Crippen LogP contribution in [-0.4, -0.2) is 20.9 Å². The van der Waals surface area contributed by atoms with Crippen LogP contribution in [-0.2, 0) is 14.8 Å². The largest absolute Gasteiger partial charge is 0.326 e. The minimum atomic E-state index is -3.61. The minimum Gasteiger partial charge on any atom is -0.326 e. The lowest BCUT2D eigenvalue weighted by atomic mass is 10.1. The molecule has 0 saturated heterocycles. The first-order valence-corrected chi connectivity index (χ1v) is 9.68. The van der Waals surface area contributed by atoms with Crippen LogP contribution in [0.5, 0.6) is 0 Å². The van der Waals surface area contributed by atoms with Crippen molar-refractivity contribution in [1.82, 2.24) is 4.72 Å². The molecule has 0 atom stereocenters. The third-order valence-electron chi connectivity index (χ3n) is 3.56. The summed E-state index contributed by atoms with van der Waals surface area (Å²) in [4.78, 5) is 12.1. The van der Waals surface area contributed by atoms with Gasteiger partial charge in [-0.15, -0.1) is 0 Å². The molecule has 0 fully saturated rings. The molecule has 0 heterocycles. The molecule has 0 radical (unpaired) electrons. The van der Waals surface area contributed by atoms with Crippen LogP contribution in [0.2, 0.25) is 0 Å². The molecule has 0 unspecified atom stereocenters. The normalized spacial score (nSPS) is 11.3. The Kier molecular flexibility index (Phi) is 6.15. The Morgan fingerprint density at radius 1 is 1.04 bits per heavy atom. The SMILES string of the molecule is Cc1ccc(S(=O)(=O)NCCC(=O)Nc2ccc(Br)cc2)cc1C. The maximum atomic E-state index is 12.2. The Morgan fingerprint density at radius 2 is 1.71 bits per heavy atom. The Labute approximate surface area is 150 Å². The molecule has 0 aliphatic rings. The van der Waals surface area contributed by atoms with Crippen LogP contribution >= 0.6 is 15.9 Å². The van der Waals surface area contributed by atoms with Gasteiger partial charge in [0.05, 0.1) is 4.90 Å². The Hall–Kier alpha value is -1.70. The zero-order valence-corrected chi connectivity index (χ0v) is 15.9. The van der Waals surface area contributed by atoms with Crippen molar-refractivity contribution in [3.8, 4) is 0 Å². The second kappa shape index (κ2) is 7.92. The number of carbonyl (C=O) groups excluding carboxylic acids is 1. The first-order valence-electron chi connectivity index (χ1n) is 7.40. The smallest absolute Gasteiger partial charge is 0.240 e. The van der Waals surface area contributed by atoms with Crippen LogP contribution < -0.4 is 10.0 Å². The molecule has 2 rings (SSSR count). The van der Waals surface area contributed by atoms with Crippen LogP contribution in [0.3, 0.4) is 0 Å². The van der Waals surface area contributed by atoms with Gasteiger partial charge in [0, 0.05) is 23.1 Å². The molecule has 0 spiro atoms. The number of carbonyl (C=O) groups is 1. The van der Waals surface area contributed by atoms with Gasteiger partial charge in [-0.3, -0.25) is 4.79 Å². The minimum absolute atomic E-state index is 0.0393. The van der Waals surface area contributed by atoms with Gasteiger partial charge in [0.1, 0.15) is 0 Å². The number of halogens is 1. The fourth-order valence-electron chi connectivity index (χ4n) is 2.02. The van der Waals surface area contributed by atoms with Gasteiger partial charge in [-0.25, -0.2) is 13.1 Å². The summed E-state index contributed by atoms with van der Waals surface area (Å²) in [5.74, 6) is -0.250. The molecule has 2 aromatic carbocycles. The number of sulfonamides is 1. The molecule has 0 aliphatic carbocycles. The maximum Gasteiger partial charge on any atom is 0.240 e. The van der Waals surface area contributed by atoms with Gasteiger partial charge in [-0.1, -0.05) is 22.0 Å². The lowest BCUT2D eigenvalue weighted by Crippen LogP contribution is -2.28. The molecule has 0 aliphatic heterocycles. The van der Waals surface area contributed by atoms with E-state index in [9.17, 15) is 13.2 Å². The highest BCUT2D eigenvalue weighted by molar-refractivity contribution is 9.10. The number of aryl methyl sites for hydroxylation is 2. The quantitative estimate of drug-likeness (QED) is 0.766. The predicted octanol–water partition coefficient (Wildman–Crippen LogP) is 3.37. The Morgan fingerprint density at radius 3 is 2.33 bits per heavy atom. The molecule has 2 aromatic rings. The molecule has 5 nitrogen and oxygen atoms in total. The zero-order chi connectivity index (χ0) is 17.7. The number of benzene rings is 2. The van der Waals surface area contributed by atoms with Gasteiger partial charge >= 0.3 is 0 Å². The second-order valence-electron chi connectivity index (χ2n) is 5.45.